The zero-order chi connectivity index (χ0) is 14.9. The summed E-state index contributed by atoms with van der Waals surface area (Å²) >= 11 is 9.11. The summed E-state index contributed by atoms with van der Waals surface area (Å²) in [7, 11) is 0. The molecule has 0 aromatic carbocycles. The number of nitrogens with zero attached hydrogens (tertiary/aromatic N) is 2. The van der Waals surface area contributed by atoms with Crippen LogP contribution in [0.5, 0.6) is 0 Å². The molecule has 0 radical (unpaired) electrons. The molecule has 4 nitrogen and oxygen atoms in total. The van der Waals surface area contributed by atoms with Crippen LogP contribution in [0.3, 0.4) is 0 Å². The predicted octanol–water partition coefficient (Wildman–Crippen LogP) is 3.74. The summed E-state index contributed by atoms with van der Waals surface area (Å²) in [6.07, 6.45) is 3.30. The second-order valence-electron chi connectivity index (χ2n) is 5.22. The quantitative estimate of drug-likeness (QED) is 0.932. The molecule has 0 spiro atoms. The first-order valence-corrected chi connectivity index (χ1v) is 7.88. The van der Waals surface area contributed by atoms with E-state index in [1.165, 1.54) is 28.9 Å². The van der Waals surface area contributed by atoms with Gasteiger partial charge in [-0.15, -0.1) is 11.3 Å². The van der Waals surface area contributed by atoms with Crippen LogP contribution in [-0.2, 0) is 5.41 Å². The number of hydrogen-bond donors (Lipinski definition) is 1. The van der Waals surface area contributed by atoms with Crippen LogP contribution < -0.4 is 5.73 Å². The minimum absolute atomic E-state index is 0.0729. The molecule has 106 valence electrons. The summed E-state index contributed by atoms with van der Waals surface area (Å²) in [5.74, 6) is -0.541. The molecule has 0 aliphatic carbocycles. The van der Waals surface area contributed by atoms with Crippen molar-refractivity contribution in [2.75, 3.05) is 0 Å². The van der Waals surface area contributed by atoms with E-state index in [0.29, 0.717) is 15.6 Å². The number of thiazole rings is 1. The van der Waals surface area contributed by atoms with Crippen molar-refractivity contribution in [1.29, 1.82) is 0 Å². The van der Waals surface area contributed by atoms with Gasteiger partial charge in [0, 0.05) is 17.3 Å². The van der Waals surface area contributed by atoms with Crippen LogP contribution in [0.25, 0.3) is 0 Å². The molecule has 0 saturated heterocycles. The van der Waals surface area contributed by atoms with Gasteiger partial charge < -0.3 is 5.73 Å². The summed E-state index contributed by atoms with van der Waals surface area (Å²) in [6.45, 7) is 6.42. The van der Waals surface area contributed by atoms with Gasteiger partial charge in [-0.1, -0.05) is 32.4 Å². The first-order valence-electron chi connectivity index (χ1n) is 5.87. The normalized spacial score (nSPS) is 11.6. The van der Waals surface area contributed by atoms with Gasteiger partial charge in [0.1, 0.15) is 5.03 Å². The second kappa shape index (κ2) is 5.71. The van der Waals surface area contributed by atoms with Crippen molar-refractivity contribution < 1.29 is 4.79 Å². The number of pyridine rings is 1. The Balaban J connectivity index is 2.22. The molecular weight excluding hydrogens is 314 g/mol. The molecule has 0 aliphatic heterocycles. The molecule has 2 heterocycles. The van der Waals surface area contributed by atoms with Gasteiger partial charge in [0.25, 0.3) is 0 Å². The topological polar surface area (TPSA) is 68.9 Å². The summed E-state index contributed by atoms with van der Waals surface area (Å²) in [5.41, 5.74) is 5.55. The maximum Gasteiger partial charge on any atom is 0.250 e. The third-order valence-corrected chi connectivity index (χ3v) is 5.42. The monoisotopic (exact) mass is 327 g/mol. The van der Waals surface area contributed by atoms with Gasteiger partial charge in [0.2, 0.25) is 5.91 Å². The average molecular weight is 328 g/mol. The smallest absolute Gasteiger partial charge is 0.250 e. The molecule has 7 heteroatoms. The van der Waals surface area contributed by atoms with Crippen LogP contribution >= 0.6 is 34.7 Å². The number of rotatable bonds is 3. The first-order chi connectivity index (χ1) is 9.27. The first kappa shape index (κ1) is 15.3. The standard InChI is InChI=1S/C13H14ClN3OS2/c1-13(2,3)9-6-17-12(19-9)20-11-8(14)4-7(5-16-11)10(15)18/h4-6H,1-3H3,(H2,15,18). The van der Waals surface area contributed by atoms with Crippen LogP contribution in [0, 0.1) is 0 Å². The van der Waals surface area contributed by atoms with E-state index in [4.69, 9.17) is 17.3 Å². The largest absolute Gasteiger partial charge is 0.366 e. The van der Waals surface area contributed by atoms with Crippen molar-refractivity contribution in [3.63, 3.8) is 0 Å². The molecular formula is C13H14ClN3OS2. The molecule has 20 heavy (non-hydrogen) atoms. The minimum Gasteiger partial charge on any atom is -0.366 e. The molecule has 0 atom stereocenters. The van der Waals surface area contributed by atoms with E-state index in [1.807, 2.05) is 6.20 Å². The Morgan fingerprint density at radius 2 is 2.05 bits per heavy atom. The molecule has 0 saturated carbocycles. The third kappa shape index (κ3) is 3.50. The van der Waals surface area contributed by atoms with E-state index in [9.17, 15) is 4.79 Å². The van der Waals surface area contributed by atoms with Gasteiger partial charge in [0.05, 0.1) is 10.6 Å². The number of primary amides is 1. The van der Waals surface area contributed by atoms with Crippen molar-refractivity contribution in [1.82, 2.24) is 9.97 Å². The fourth-order valence-corrected chi connectivity index (χ4v) is 3.56. The van der Waals surface area contributed by atoms with Crippen molar-refractivity contribution in [3.8, 4) is 0 Å². The lowest BCUT2D eigenvalue weighted by molar-refractivity contribution is 0.1000. The van der Waals surface area contributed by atoms with Crippen LogP contribution in [0.15, 0.2) is 27.8 Å². The molecule has 0 fully saturated rings. The Hall–Kier alpha value is -1.11. The van der Waals surface area contributed by atoms with Gasteiger partial charge >= 0.3 is 0 Å². The van der Waals surface area contributed by atoms with Crippen LogP contribution in [0.4, 0.5) is 0 Å². The summed E-state index contributed by atoms with van der Waals surface area (Å²) < 4.78 is 0.871. The average Bonchev–Trinajstić information content (AvgIpc) is 2.80. The Kier molecular flexibility index (Phi) is 4.36. The molecule has 2 N–H and O–H groups in total. The van der Waals surface area contributed by atoms with E-state index < -0.39 is 5.91 Å². The number of aromatic nitrogens is 2. The molecule has 0 unspecified atom stereocenters. The highest BCUT2D eigenvalue weighted by molar-refractivity contribution is 8.01. The Bertz CT molecular complexity index is 649. The fraction of sp³-hybridized carbons (Fsp3) is 0.308. The van der Waals surface area contributed by atoms with Gasteiger partial charge in [-0.25, -0.2) is 9.97 Å². The SMILES string of the molecule is CC(C)(C)c1cnc(Sc2ncc(C(N)=O)cc2Cl)s1. The van der Waals surface area contributed by atoms with Gasteiger partial charge in [-0.3, -0.25) is 4.79 Å². The highest BCUT2D eigenvalue weighted by Crippen LogP contribution is 2.37. The van der Waals surface area contributed by atoms with E-state index in [-0.39, 0.29) is 5.41 Å². The van der Waals surface area contributed by atoms with Gasteiger partial charge in [-0.2, -0.15) is 0 Å². The number of halogens is 1. The van der Waals surface area contributed by atoms with Crippen molar-refractivity contribution in [2.45, 2.75) is 35.6 Å². The second-order valence-corrected chi connectivity index (χ2v) is 7.89. The molecule has 1 amide bonds. The Morgan fingerprint density at radius 3 is 2.55 bits per heavy atom. The molecule has 0 bridgehead atoms. The lowest BCUT2D eigenvalue weighted by Gasteiger charge is -2.14. The molecule has 2 aromatic rings. The zero-order valence-corrected chi connectivity index (χ0v) is 13.7. The van der Waals surface area contributed by atoms with Crippen LogP contribution in [-0.4, -0.2) is 15.9 Å². The maximum atomic E-state index is 11.0. The van der Waals surface area contributed by atoms with E-state index in [1.54, 1.807) is 11.3 Å². The van der Waals surface area contributed by atoms with E-state index >= 15 is 0 Å². The zero-order valence-electron chi connectivity index (χ0n) is 11.3. The number of nitrogens with two attached hydrogens (primary N) is 1. The number of carbonyl (C=O) groups is 1. The number of carbonyl (C=O) groups excluding carboxylic acids is 1. The molecule has 2 aromatic heterocycles. The van der Waals surface area contributed by atoms with E-state index in [2.05, 4.69) is 30.7 Å². The third-order valence-electron chi connectivity index (χ3n) is 2.50. The van der Waals surface area contributed by atoms with Gasteiger partial charge in [-0.05, 0) is 23.2 Å². The lowest BCUT2D eigenvalue weighted by atomic mass is 9.96. The van der Waals surface area contributed by atoms with Crippen LogP contribution in [0.1, 0.15) is 36.0 Å². The fourth-order valence-electron chi connectivity index (χ4n) is 1.37. The lowest BCUT2D eigenvalue weighted by Crippen LogP contribution is -2.11. The maximum absolute atomic E-state index is 11.0. The minimum atomic E-state index is -0.541. The van der Waals surface area contributed by atoms with Crippen LogP contribution in [0.2, 0.25) is 5.02 Å². The highest BCUT2D eigenvalue weighted by atomic mass is 35.5. The summed E-state index contributed by atoms with van der Waals surface area (Å²) in [5, 5.41) is 1.02. The van der Waals surface area contributed by atoms with Crippen molar-refractivity contribution in [2.24, 2.45) is 5.73 Å². The summed E-state index contributed by atoms with van der Waals surface area (Å²) in [4.78, 5) is 20.8. The van der Waals surface area contributed by atoms with Crippen molar-refractivity contribution in [3.05, 3.63) is 33.9 Å². The Labute approximate surface area is 130 Å². The van der Waals surface area contributed by atoms with E-state index in [0.717, 1.165) is 4.34 Å². The van der Waals surface area contributed by atoms with Gasteiger partial charge in [0.15, 0.2) is 4.34 Å². The number of hydrogen-bond acceptors (Lipinski definition) is 5. The number of amides is 1. The molecule has 2 rings (SSSR count). The summed E-state index contributed by atoms with van der Waals surface area (Å²) in [6, 6.07) is 1.53. The Morgan fingerprint density at radius 1 is 1.35 bits per heavy atom. The highest BCUT2D eigenvalue weighted by Gasteiger charge is 2.18. The molecule has 0 aliphatic rings. The predicted molar refractivity (Wildman–Crippen MR) is 82.7 cm³/mol. The van der Waals surface area contributed by atoms with Crippen molar-refractivity contribution >= 4 is 40.6 Å².